The Morgan fingerprint density at radius 1 is 1.03 bits per heavy atom. The van der Waals surface area contributed by atoms with Crippen LogP contribution in [-0.4, -0.2) is 66.9 Å². The topological polar surface area (TPSA) is 79.0 Å². The average molecular weight is 402 g/mol. The molecule has 0 radical (unpaired) electrons. The quantitative estimate of drug-likeness (QED) is 0.791. The molecular formula is C22H31N3O4. The zero-order valence-corrected chi connectivity index (χ0v) is 17.4. The van der Waals surface area contributed by atoms with Gasteiger partial charge in [-0.25, -0.2) is 0 Å². The van der Waals surface area contributed by atoms with Crippen LogP contribution in [0.15, 0.2) is 24.3 Å². The fraction of sp³-hybridized carbons (Fsp3) is 0.591. The Kier molecular flexibility index (Phi) is 7.12. The number of hydrogen-bond acceptors (Lipinski definition) is 4. The van der Waals surface area contributed by atoms with Gasteiger partial charge in [0.2, 0.25) is 11.8 Å². The number of methoxy groups -OCH3 is 1. The lowest BCUT2D eigenvalue weighted by molar-refractivity contribution is -0.135. The molecule has 1 N–H and O–H groups in total. The summed E-state index contributed by atoms with van der Waals surface area (Å²) in [7, 11) is 1.58. The van der Waals surface area contributed by atoms with Crippen molar-refractivity contribution in [2.24, 2.45) is 5.92 Å². The lowest BCUT2D eigenvalue weighted by atomic mass is 9.88. The van der Waals surface area contributed by atoms with Crippen molar-refractivity contribution in [2.45, 2.75) is 45.1 Å². The highest BCUT2D eigenvalue weighted by Crippen LogP contribution is 2.24. The van der Waals surface area contributed by atoms with E-state index in [1.807, 2.05) is 16.7 Å². The summed E-state index contributed by atoms with van der Waals surface area (Å²) in [5.41, 5.74) is 0.503. The molecule has 1 atom stereocenters. The van der Waals surface area contributed by atoms with Crippen LogP contribution >= 0.6 is 0 Å². The zero-order valence-electron chi connectivity index (χ0n) is 17.4. The Labute approximate surface area is 172 Å². The SMILES string of the molecule is CCC(=O)N1CCC([C@H](NC(=O)c2ccc(OC)cc2)C(=O)N2CCCC2)CC1. The predicted octanol–water partition coefficient (Wildman–Crippen LogP) is 2.06. The zero-order chi connectivity index (χ0) is 20.8. The van der Waals surface area contributed by atoms with E-state index in [1.54, 1.807) is 31.4 Å². The lowest BCUT2D eigenvalue weighted by Crippen LogP contribution is -2.54. The summed E-state index contributed by atoms with van der Waals surface area (Å²) in [5.74, 6) is 0.612. The second-order valence-electron chi connectivity index (χ2n) is 7.78. The molecule has 0 bridgehead atoms. The number of rotatable bonds is 6. The summed E-state index contributed by atoms with van der Waals surface area (Å²) in [6.45, 7) is 4.64. The molecule has 3 amide bonds. The number of hydrogen-bond donors (Lipinski definition) is 1. The summed E-state index contributed by atoms with van der Waals surface area (Å²) in [5, 5.41) is 3.00. The monoisotopic (exact) mass is 401 g/mol. The number of nitrogens with one attached hydrogen (secondary N) is 1. The summed E-state index contributed by atoms with van der Waals surface area (Å²) in [6, 6.07) is 6.33. The number of nitrogens with zero attached hydrogens (tertiary/aromatic N) is 2. The van der Waals surface area contributed by atoms with Gasteiger partial charge in [0.05, 0.1) is 7.11 Å². The van der Waals surface area contributed by atoms with E-state index in [0.29, 0.717) is 30.8 Å². The number of benzene rings is 1. The van der Waals surface area contributed by atoms with Crippen LogP contribution in [0.2, 0.25) is 0 Å². The molecule has 1 aromatic carbocycles. The summed E-state index contributed by atoms with van der Waals surface area (Å²) in [6.07, 6.45) is 3.95. The highest BCUT2D eigenvalue weighted by atomic mass is 16.5. The molecule has 2 fully saturated rings. The van der Waals surface area contributed by atoms with Crippen LogP contribution in [0.1, 0.15) is 49.4 Å². The maximum absolute atomic E-state index is 13.2. The largest absolute Gasteiger partial charge is 0.497 e. The van der Waals surface area contributed by atoms with Crippen LogP contribution in [0.5, 0.6) is 5.75 Å². The molecule has 2 saturated heterocycles. The van der Waals surface area contributed by atoms with Gasteiger partial charge in [-0.2, -0.15) is 0 Å². The molecular weight excluding hydrogens is 370 g/mol. The van der Waals surface area contributed by atoms with Gasteiger partial charge in [0.15, 0.2) is 0 Å². The molecule has 0 saturated carbocycles. The van der Waals surface area contributed by atoms with E-state index < -0.39 is 6.04 Å². The second-order valence-corrected chi connectivity index (χ2v) is 7.78. The lowest BCUT2D eigenvalue weighted by Gasteiger charge is -2.37. The maximum Gasteiger partial charge on any atom is 0.251 e. The highest BCUT2D eigenvalue weighted by molar-refractivity contribution is 5.97. The van der Waals surface area contributed by atoms with Crippen LogP contribution in [-0.2, 0) is 9.59 Å². The fourth-order valence-electron chi connectivity index (χ4n) is 4.19. The van der Waals surface area contributed by atoms with Gasteiger partial charge in [0.25, 0.3) is 5.91 Å². The highest BCUT2D eigenvalue weighted by Gasteiger charge is 2.36. The minimum absolute atomic E-state index is 0.00429. The van der Waals surface area contributed by atoms with Gasteiger partial charge < -0.3 is 19.9 Å². The van der Waals surface area contributed by atoms with Crippen molar-refractivity contribution in [1.82, 2.24) is 15.1 Å². The van der Waals surface area contributed by atoms with Gasteiger partial charge in [0.1, 0.15) is 11.8 Å². The van der Waals surface area contributed by atoms with E-state index in [0.717, 1.165) is 38.8 Å². The Bertz CT molecular complexity index is 720. The molecule has 0 spiro atoms. The second kappa shape index (κ2) is 9.76. The third kappa shape index (κ3) is 5.08. The molecule has 2 aliphatic heterocycles. The molecule has 0 unspecified atom stereocenters. The predicted molar refractivity (Wildman–Crippen MR) is 110 cm³/mol. The van der Waals surface area contributed by atoms with Crippen LogP contribution in [0.25, 0.3) is 0 Å². The van der Waals surface area contributed by atoms with E-state index in [9.17, 15) is 14.4 Å². The standard InChI is InChI=1S/C22H31N3O4/c1-3-19(26)24-14-10-16(11-15-24)20(22(28)25-12-4-5-13-25)23-21(27)17-6-8-18(29-2)9-7-17/h6-9,16,20H,3-5,10-15H2,1-2H3,(H,23,27)/t20-/m0/s1. The third-order valence-corrected chi connectivity index (χ3v) is 5.99. The number of amides is 3. The van der Waals surface area contributed by atoms with E-state index in [4.69, 9.17) is 4.74 Å². The van der Waals surface area contributed by atoms with Crippen LogP contribution in [0, 0.1) is 5.92 Å². The van der Waals surface area contributed by atoms with Gasteiger partial charge in [-0.15, -0.1) is 0 Å². The number of carbonyl (C=O) groups excluding carboxylic acids is 3. The van der Waals surface area contributed by atoms with Gasteiger partial charge in [-0.3, -0.25) is 14.4 Å². The Balaban J connectivity index is 1.71. The minimum atomic E-state index is -0.554. The smallest absolute Gasteiger partial charge is 0.251 e. The number of likely N-dealkylation sites (tertiary alicyclic amines) is 2. The fourth-order valence-corrected chi connectivity index (χ4v) is 4.19. The molecule has 1 aromatic rings. The molecule has 2 heterocycles. The Morgan fingerprint density at radius 2 is 1.66 bits per heavy atom. The van der Waals surface area contributed by atoms with Crippen LogP contribution in [0.4, 0.5) is 0 Å². The molecule has 3 rings (SSSR count). The van der Waals surface area contributed by atoms with Crippen molar-refractivity contribution in [2.75, 3.05) is 33.3 Å². The number of ether oxygens (including phenoxy) is 1. The average Bonchev–Trinajstić information content (AvgIpc) is 3.31. The summed E-state index contributed by atoms with van der Waals surface area (Å²) < 4.78 is 5.14. The third-order valence-electron chi connectivity index (χ3n) is 5.99. The first-order valence-corrected chi connectivity index (χ1v) is 10.5. The molecule has 7 heteroatoms. The first-order chi connectivity index (χ1) is 14.0. The van der Waals surface area contributed by atoms with Gasteiger partial charge in [-0.05, 0) is 55.9 Å². The van der Waals surface area contributed by atoms with Crippen molar-refractivity contribution in [3.8, 4) is 5.75 Å². The van der Waals surface area contributed by atoms with Gasteiger partial charge in [-0.1, -0.05) is 6.92 Å². The molecule has 0 aliphatic carbocycles. The Morgan fingerprint density at radius 3 is 2.21 bits per heavy atom. The van der Waals surface area contributed by atoms with E-state index in [1.165, 1.54) is 0 Å². The van der Waals surface area contributed by atoms with E-state index >= 15 is 0 Å². The molecule has 7 nitrogen and oxygen atoms in total. The number of piperidine rings is 1. The molecule has 2 aliphatic rings. The van der Waals surface area contributed by atoms with Crippen molar-refractivity contribution < 1.29 is 19.1 Å². The van der Waals surface area contributed by atoms with Crippen LogP contribution in [0.3, 0.4) is 0 Å². The maximum atomic E-state index is 13.2. The van der Waals surface area contributed by atoms with Crippen LogP contribution < -0.4 is 10.1 Å². The van der Waals surface area contributed by atoms with E-state index in [-0.39, 0.29) is 23.6 Å². The van der Waals surface area contributed by atoms with E-state index in [2.05, 4.69) is 5.32 Å². The molecule has 158 valence electrons. The molecule has 0 aromatic heterocycles. The first kappa shape index (κ1) is 21.1. The summed E-state index contributed by atoms with van der Waals surface area (Å²) >= 11 is 0. The first-order valence-electron chi connectivity index (χ1n) is 10.5. The van der Waals surface area contributed by atoms with Crippen molar-refractivity contribution in [3.05, 3.63) is 29.8 Å². The molecule has 29 heavy (non-hydrogen) atoms. The van der Waals surface area contributed by atoms with Crippen molar-refractivity contribution in [1.29, 1.82) is 0 Å². The number of carbonyl (C=O) groups is 3. The van der Waals surface area contributed by atoms with Crippen molar-refractivity contribution in [3.63, 3.8) is 0 Å². The van der Waals surface area contributed by atoms with Gasteiger partial charge >= 0.3 is 0 Å². The minimum Gasteiger partial charge on any atom is -0.497 e. The normalized spacial score (nSPS) is 18.4. The van der Waals surface area contributed by atoms with Gasteiger partial charge in [0, 0.05) is 38.2 Å². The summed E-state index contributed by atoms with van der Waals surface area (Å²) in [4.78, 5) is 41.7. The van der Waals surface area contributed by atoms with Crippen molar-refractivity contribution >= 4 is 17.7 Å². The Hall–Kier alpha value is -2.57.